The lowest BCUT2D eigenvalue weighted by atomic mass is 9.53. The third-order valence-electron chi connectivity index (χ3n) is 27.1. The van der Waals surface area contributed by atoms with E-state index in [-0.39, 0.29) is 10.3 Å². The maximum atomic E-state index is 16.3. The minimum atomic E-state index is -4.25. The van der Waals surface area contributed by atoms with E-state index < -0.39 is 27.4 Å². The average molecular weight is 1040 g/mol. The molecule has 82 heavy (non-hydrogen) atoms. The van der Waals surface area contributed by atoms with Gasteiger partial charge in [0.05, 0.1) is 16.4 Å². The van der Waals surface area contributed by atoms with E-state index in [1.165, 1.54) is 265 Å². The van der Waals surface area contributed by atoms with Crippen LogP contribution >= 0.6 is 0 Å². The molecule has 4 heteroatoms. The first-order chi connectivity index (χ1) is 40.5. The maximum absolute atomic E-state index is 16.3. The summed E-state index contributed by atoms with van der Waals surface area (Å²) >= 11 is 0. The van der Waals surface area contributed by atoms with Crippen LogP contribution in [0.25, 0.3) is 291 Å². The van der Waals surface area contributed by atoms with Gasteiger partial charge in [-0.15, -0.1) is 0 Å². The standard InChI is InChI=1S/C78H23NO2S/c1-13-5-11-16(12-6-13)82(80,81)79-76(14-7-9-15(10-8-14)77(2,3)4)78-73-69-63-49-41-33-21-18-17-19-22(21)34-36-32-26(19)28-24-20(17)23-27-25(18)31-35(33)47(49)55-53-39(31)37(27)45-43-29(23)30(24)44-46-38(28)40(32)54-56-48(36)50(42(34)41)64(63)70(73)66(56)68-60(54)58(46)62-52(44)51(43)61-57(45)59(53)67(65(55)69)74(78)71(61)72(62)75(68)78/h5-12,73,76,79H,1-4H3/i73D. The summed E-state index contributed by atoms with van der Waals surface area (Å²) in [5, 5.41) is 79.3. The Bertz CT molecular complexity index is 8010. The van der Waals surface area contributed by atoms with Gasteiger partial charge in [-0.05, 0) is 349 Å². The summed E-state index contributed by atoms with van der Waals surface area (Å²) in [5.41, 5.74) is 6.63. The normalized spacial score (nSPS) is 21.3. The van der Waals surface area contributed by atoms with Crippen molar-refractivity contribution in [1.82, 2.24) is 4.72 Å². The van der Waals surface area contributed by atoms with Crippen LogP contribution in [0.2, 0.25) is 0 Å². The van der Waals surface area contributed by atoms with Crippen LogP contribution in [0.4, 0.5) is 0 Å². The van der Waals surface area contributed by atoms with Crippen LogP contribution in [0.3, 0.4) is 0 Å². The highest BCUT2D eigenvalue weighted by atomic mass is 32.2. The third-order valence-corrected chi connectivity index (χ3v) is 28.5. The van der Waals surface area contributed by atoms with Gasteiger partial charge in [0.1, 0.15) is 0 Å². The number of hydrogen-bond acceptors (Lipinski definition) is 2. The van der Waals surface area contributed by atoms with Crippen molar-refractivity contribution in [3.05, 3.63) is 87.5 Å². The summed E-state index contributed by atoms with van der Waals surface area (Å²) < 4.78 is 49.7. The van der Waals surface area contributed by atoms with Crippen molar-refractivity contribution >= 4 is 301 Å². The lowest BCUT2D eigenvalue weighted by molar-refractivity contribution is 0.363. The zero-order valence-corrected chi connectivity index (χ0v) is 44.2. The molecule has 30 aromatic carbocycles. The molecule has 0 aromatic heterocycles. The Labute approximate surface area is 455 Å². The van der Waals surface area contributed by atoms with Crippen molar-refractivity contribution in [2.75, 3.05) is 0 Å². The minimum absolute atomic E-state index is 0.134. The quantitative estimate of drug-likeness (QED) is 0.175. The van der Waals surface area contributed by atoms with Crippen LogP contribution in [0.1, 0.15) is 73.0 Å². The first kappa shape index (κ1) is 33.5. The van der Waals surface area contributed by atoms with Crippen LogP contribution in [0.5, 0.6) is 0 Å². The third kappa shape index (κ3) is 2.12. The molecule has 34 rings (SSSR count). The summed E-state index contributed by atoms with van der Waals surface area (Å²) in [5.74, 6) is -1.46. The van der Waals surface area contributed by atoms with Crippen molar-refractivity contribution in [2.45, 2.75) is 55.4 Å². The summed E-state index contributed by atoms with van der Waals surface area (Å²) in [6.07, 6.45) is 0. The van der Waals surface area contributed by atoms with Gasteiger partial charge in [-0.2, -0.15) is 0 Å². The molecule has 4 aliphatic carbocycles. The van der Waals surface area contributed by atoms with E-state index in [1.807, 2.05) is 19.1 Å². The molecule has 1 atom stereocenters. The van der Waals surface area contributed by atoms with Gasteiger partial charge in [0.15, 0.2) is 0 Å². The first-order valence-corrected chi connectivity index (χ1v) is 31.5. The molecule has 0 spiro atoms. The number of sulfonamides is 1. The summed E-state index contributed by atoms with van der Waals surface area (Å²) in [6.45, 7) is 8.86. The lowest BCUT2D eigenvalue weighted by Gasteiger charge is -2.50. The summed E-state index contributed by atoms with van der Waals surface area (Å²) in [4.78, 5) is 0.266. The van der Waals surface area contributed by atoms with Gasteiger partial charge < -0.3 is 0 Å². The molecule has 0 saturated carbocycles. The smallest absolute Gasteiger partial charge is 0.207 e. The fourth-order valence-electron chi connectivity index (χ4n) is 25.9. The second-order valence-electron chi connectivity index (χ2n) is 29.7. The Morgan fingerprint density at radius 2 is 0.585 bits per heavy atom. The van der Waals surface area contributed by atoms with Crippen molar-refractivity contribution in [3.8, 4) is 0 Å². The number of hydrogen-bond donors (Lipinski definition) is 1. The molecule has 0 radical (unpaired) electrons. The van der Waals surface area contributed by atoms with Gasteiger partial charge in [-0.1, -0.05) is 62.7 Å². The van der Waals surface area contributed by atoms with Gasteiger partial charge in [-0.3, -0.25) is 0 Å². The monoisotopic (exact) mass is 1040 g/mol. The second kappa shape index (κ2) is 8.18. The average Bonchev–Trinajstić information content (AvgIpc) is 1.39. The lowest BCUT2D eigenvalue weighted by Crippen LogP contribution is -2.49. The molecular formula is C78H23NO2S. The van der Waals surface area contributed by atoms with E-state index in [4.69, 9.17) is 0 Å². The molecule has 30 aromatic rings. The highest BCUT2D eigenvalue weighted by Gasteiger charge is 2.66. The molecule has 0 fully saturated rings. The van der Waals surface area contributed by atoms with Gasteiger partial charge in [0.25, 0.3) is 0 Å². The van der Waals surface area contributed by atoms with Crippen LogP contribution in [-0.2, 0) is 20.9 Å². The summed E-state index contributed by atoms with van der Waals surface area (Å²) in [7, 11) is -4.25. The molecule has 0 amide bonds. The van der Waals surface area contributed by atoms with Crippen LogP contribution in [-0.4, -0.2) is 8.42 Å². The van der Waals surface area contributed by atoms with Gasteiger partial charge >= 0.3 is 0 Å². The molecule has 1 N–H and O–H groups in total. The Kier molecular flexibility index (Phi) is 3.35. The Morgan fingerprint density at radius 1 is 0.354 bits per heavy atom. The van der Waals surface area contributed by atoms with Crippen LogP contribution in [0.15, 0.2) is 53.4 Å². The fraction of sp³-hybridized carbons (Fsp3) is 0.103. The van der Waals surface area contributed by atoms with Crippen molar-refractivity contribution in [2.24, 2.45) is 0 Å². The largest absolute Gasteiger partial charge is 0.241 e. The van der Waals surface area contributed by atoms with Crippen LogP contribution < -0.4 is 4.72 Å². The molecule has 0 saturated heterocycles. The van der Waals surface area contributed by atoms with Gasteiger partial charge in [-0.25, -0.2) is 13.1 Å². The van der Waals surface area contributed by atoms with Crippen molar-refractivity contribution in [3.63, 3.8) is 0 Å². The van der Waals surface area contributed by atoms with E-state index in [0.717, 1.165) is 11.1 Å². The second-order valence-corrected chi connectivity index (χ2v) is 31.4. The summed E-state index contributed by atoms with van der Waals surface area (Å²) in [6, 6.07) is 15.7. The molecule has 0 bridgehead atoms. The molecule has 0 heterocycles. The number of benzene rings is 20. The zero-order chi connectivity index (χ0) is 51.7. The van der Waals surface area contributed by atoms with E-state index >= 15 is 8.42 Å². The fourth-order valence-corrected chi connectivity index (χ4v) is 27.1. The number of aryl methyl sites for hydroxylation is 1. The first-order valence-electron chi connectivity index (χ1n) is 30.5. The predicted molar refractivity (Wildman–Crippen MR) is 344 cm³/mol. The highest BCUT2D eigenvalue weighted by molar-refractivity contribution is 7.89. The van der Waals surface area contributed by atoms with Gasteiger partial charge in [0, 0.05) is 7.26 Å². The topological polar surface area (TPSA) is 46.2 Å². The molecular weight excluding hydrogens is 1010 g/mol. The molecule has 4 aliphatic rings. The molecule has 0 aliphatic heterocycles. The van der Waals surface area contributed by atoms with E-state index in [1.54, 1.807) is 66.0 Å². The van der Waals surface area contributed by atoms with Crippen molar-refractivity contribution in [1.29, 1.82) is 0 Å². The minimum Gasteiger partial charge on any atom is -0.207 e. The molecule has 358 valence electrons. The van der Waals surface area contributed by atoms with Gasteiger partial charge in [0.2, 0.25) is 10.0 Å². The van der Waals surface area contributed by atoms with Crippen molar-refractivity contribution < 1.29 is 9.79 Å². The molecule has 1 unspecified atom stereocenters. The number of nitrogens with one attached hydrogen (secondary N) is 1. The SMILES string of the molecule is [2H]C12c3c4c5c6c7c8c(c9c%10c1c1c3c3c%11c4c4c5c5c7c7c%12c8c8c9c9c%10c%10c1c1c3c3c%11c%11c4c4c5c7c5c7c%12c8c8c9c9c%10c1c1c3c3c%11c4c5c4c7c8c9c1c34)C62C(NS(=O)(=O)c1ccc(C)cc1)c1ccc(C(C)(C)C)cc1. The maximum Gasteiger partial charge on any atom is 0.241 e. The van der Waals surface area contributed by atoms with E-state index in [2.05, 4.69) is 49.8 Å². The highest BCUT2D eigenvalue weighted by Crippen LogP contribution is 2.84. The Hall–Kier alpha value is -9.19. The van der Waals surface area contributed by atoms with E-state index in [0.29, 0.717) is 0 Å². The number of rotatable bonds is 5. The predicted octanol–water partition coefficient (Wildman–Crippen LogP) is 20.5. The zero-order valence-electron chi connectivity index (χ0n) is 44.4. The Balaban J connectivity index is 1.02. The van der Waals surface area contributed by atoms with E-state index in [9.17, 15) is 1.37 Å². The Morgan fingerprint density at radius 3 is 0.854 bits per heavy atom. The van der Waals surface area contributed by atoms with Crippen LogP contribution in [0, 0.1) is 6.92 Å². The molecule has 3 nitrogen and oxygen atoms in total.